The predicted octanol–water partition coefficient (Wildman–Crippen LogP) is 1.88. The lowest BCUT2D eigenvalue weighted by Gasteiger charge is -2.31. The van der Waals surface area contributed by atoms with Gasteiger partial charge in [-0.3, -0.25) is 4.90 Å². The molecule has 96 valence electrons. The average Bonchev–Trinajstić information content (AvgIpc) is 2.30. The lowest BCUT2D eigenvalue weighted by atomic mass is 10.1. The molecule has 1 aliphatic rings. The van der Waals surface area contributed by atoms with Crippen molar-refractivity contribution in [3.63, 3.8) is 0 Å². The van der Waals surface area contributed by atoms with E-state index in [1.165, 1.54) is 25.7 Å². The molecule has 1 saturated heterocycles. The van der Waals surface area contributed by atoms with Crippen LogP contribution in [0.3, 0.4) is 0 Å². The predicted molar refractivity (Wildman–Crippen MR) is 68.8 cm³/mol. The first-order valence-corrected chi connectivity index (χ1v) is 6.76. The number of hydrogen-bond acceptors (Lipinski definition) is 3. The van der Waals surface area contributed by atoms with Crippen molar-refractivity contribution in [3.05, 3.63) is 0 Å². The first-order chi connectivity index (χ1) is 7.74. The van der Waals surface area contributed by atoms with E-state index in [0.29, 0.717) is 12.1 Å². The third-order valence-electron chi connectivity index (χ3n) is 3.38. The number of hydrogen-bond donors (Lipinski definition) is 1. The van der Waals surface area contributed by atoms with E-state index in [4.69, 9.17) is 4.74 Å². The molecule has 0 aliphatic carbocycles. The third kappa shape index (κ3) is 5.28. The normalized spacial score (nSPS) is 23.6. The summed E-state index contributed by atoms with van der Waals surface area (Å²) in [7, 11) is 2.20. The van der Waals surface area contributed by atoms with E-state index >= 15 is 0 Å². The molecule has 16 heavy (non-hydrogen) atoms. The van der Waals surface area contributed by atoms with E-state index in [9.17, 15) is 0 Å². The Hall–Kier alpha value is -0.120. The van der Waals surface area contributed by atoms with Crippen LogP contribution in [-0.4, -0.2) is 50.3 Å². The molecule has 0 radical (unpaired) electrons. The van der Waals surface area contributed by atoms with Crippen LogP contribution in [0.25, 0.3) is 0 Å². The van der Waals surface area contributed by atoms with Gasteiger partial charge >= 0.3 is 0 Å². The Morgan fingerprint density at radius 1 is 1.44 bits per heavy atom. The van der Waals surface area contributed by atoms with Crippen LogP contribution in [-0.2, 0) is 4.74 Å². The van der Waals surface area contributed by atoms with Crippen molar-refractivity contribution in [2.75, 3.05) is 33.3 Å². The highest BCUT2D eigenvalue weighted by molar-refractivity contribution is 4.72. The minimum absolute atomic E-state index is 0.465. The Morgan fingerprint density at radius 3 is 2.88 bits per heavy atom. The largest absolute Gasteiger partial charge is 0.377 e. The average molecular weight is 228 g/mol. The van der Waals surface area contributed by atoms with E-state index in [1.807, 2.05) is 0 Å². The highest BCUT2D eigenvalue weighted by Gasteiger charge is 2.18. The highest BCUT2D eigenvalue weighted by Crippen LogP contribution is 2.14. The molecule has 3 nitrogen and oxygen atoms in total. The van der Waals surface area contributed by atoms with Crippen molar-refractivity contribution in [1.82, 2.24) is 10.2 Å². The monoisotopic (exact) mass is 228 g/mol. The van der Waals surface area contributed by atoms with Crippen LogP contribution in [0.5, 0.6) is 0 Å². The van der Waals surface area contributed by atoms with Gasteiger partial charge in [0.1, 0.15) is 0 Å². The summed E-state index contributed by atoms with van der Waals surface area (Å²) in [6, 6.07) is 0.595. The van der Waals surface area contributed by atoms with E-state index < -0.39 is 0 Å². The zero-order chi connectivity index (χ0) is 11.8. The Bertz CT molecular complexity index is 169. The molecule has 1 heterocycles. The molecule has 0 amide bonds. The highest BCUT2D eigenvalue weighted by atomic mass is 16.5. The molecule has 0 aromatic heterocycles. The SMILES string of the molecule is CCCNCC(C)N(C)CC1CCCCO1. The van der Waals surface area contributed by atoms with Gasteiger partial charge in [-0.25, -0.2) is 0 Å². The molecule has 2 unspecified atom stereocenters. The van der Waals surface area contributed by atoms with Gasteiger partial charge in [0.15, 0.2) is 0 Å². The molecule has 0 saturated carbocycles. The fourth-order valence-electron chi connectivity index (χ4n) is 2.10. The molecular weight excluding hydrogens is 200 g/mol. The quantitative estimate of drug-likeness (QED) is 0.673. The third-order valence-corrected chi connectivity index (χ3v) is 3.38. The van der Waals surface area contributed by atoms with Gasteiger partial charge in [-0.2, -0.15) is 0 Å². The maximum Gasteiger partial charge on any atom is 0.0702 e. The van der Waals surface area contributed by atoms with E-state index in [1.54, 1.807) is 0 Å². The Morgan fingerprint density at radius 2 is 2.25 bits per heavy atom. The summed E-state index contributed by atoms with van der Waals surface area (Å²) in [5.41, 5.74) is 0. The van der Waals surface area contributed by atoms with Gasteiger partial charge in [0, 0.05) is 25.7 Å². The lowest BCUT2D eigenvalue weighted by Crippen LogP contribution is -2.43. The van der Waals surface area contributed by atoms with Crippen LogP contribution in [0.2, 0.25) is 0 Å². The van der Waals surface area contributed by atoms with Crippen molar-refractivity contribution < 1.29 is 4.74 Å². The summed E-state index contributed by atoms with van der Waals surface area (Å²) < 4.78 is 5.76. The van der Waals surface area contributed by atoms with Crippen LogP contribution in [0.15, 0.2) is 0 Å². The van der Waals surface area contributed by atoms with Gasteiger partial charge in [0.25, 0.3) is 0 Å². The molecule has 0 bridgehead atoms. The maximum absolute atomic E-state index is 5.76. The van der Waals surface area contributed by atoms with Crippen LogP contribution in [0.1, 0.15) is 39.5 Å². The first kappa shape index (κ1) is 13.9. The second-order valence-electron chi connectivity index (χ2n) is 4.98. The molecule has 1 fully saturated rings. The maximum atomic E-state index is 5.76. The smallest absolute Gasteiger partial charge is 0.0702 e. The molecule has 1 N–H and O–H groups in total. The second-order valence-corrected chi connectivity index (χ2v) is 4.98. The summed E-state index contributed by atoms with van der Waals surface area (Å²) in [6.45, 7) is 8.73. The Labute approximate surface area is 101 Å². The summed E-state index contributed by atoms with van der Waals surface area (Å²) in [6.07, 6.45) is 5.49. The first-order valence-electron chi connectivity index (χ1n) is 6.76. The Balaban J connectivity index is 2.14. The fourth-order valence-corrected chi connectivity index (χ4v) is 2.10. The molecule has 0 aromatic carbocycles. The summed E-state index contributed by atoms with van der Waals surface area (Å²) >= 11 is 0. The number of likely N-dealkylation sites (N-methyl/N-ethyl adjacent to an activating group) is 1. The van der Waals surface area contributed by atoms with Crippen LogP contribution >= 0.6 is 0 Å². The van der Waals surface area contributed by atoms with Crippen LogP contribution < -0.4 is 5.32 Å². The van der Waals surface area contributed by atoms with Gasteiger partial charge in [-0.15, -0.1) is 0 Å². The van der Waals surface area contributed by atoms with Crippen molar-refractivity contribution in [2.24, 2.45) is 0 Å². The van der Waals surface area contributed by atoms with Crippen molar-refractivity contribution in [1.29, 1.82) is 0 Å². The van der Waals surface area contributed by atoms with Gasteiger partial charge < -0.3 is 10.1 Å². The summed E-state index contributed by atoms with van der Waals surface area (Å²) in [5, 5.41) is 3.47. The topological polar surface area (TPSA) is 24.5 Å². The molecule has 2 atom stereocenters. The van der Waals surface area contributed by atoms with E-state index in [2.05, 4.69) is 31.1 Å². The number of ether oxygens (including phenoxy) is 1. The van der Waals surface area contributed by atoms with Crippen molar-refractivity contribution >= 4 is 0 Å². The van der Waals surface area contributed by atoms with Gasteiger partial charge in [0.05, 0.1) is 6.10 Å². The van der Waals surface area contributed by atoms with Crippen molar-refractivity contribution in [2.45, 2.75) is 51.7 Å². The number of nitrogens with one attached hydrogen (secondary N) is 1. The molecule has 0 aromatic rings. The minimum atomic E-state index is 0.465. The lowest BCUT2D eigenvalue weighted by molar-refractivity contribution is -0.00686. The molecular formula is C13H28N2O. The Kier molecular flexibility index (Phi) is 7.01. The minimum Gasteiger partial charge on any atom is -0.377 e. The van der Waals surface area contributed by atoms with E-state index in [-0.39, 0.29) is 0 Å². The summed E-state index contributed by atoms with van der Waals surface area (Å²) in [4.78, 5) is 2.42. The number of rotatable bonds is 7. The summed E-state index contributed by atoms with van der Waals surface area (Å²) in [5.74, 6) is 0. The van der Waals surface area contributed by atoms with Crippen LogP contribution in [0, 0.1) is 0 Å². The molecule has 0 spiro atoms. The van der Waals surface area contributed by atoms with Crippen LogP contribution in [0.4, 0.5) is 0 Å². The van der Waals surface area contributed by atoms with Crippen molar-refractivity contribution in [3.8, 4) is 0 Å². The molecule has 1 rings (SSSR count). The van der Waals surface area contributed by atoms with Gasteiger partial charge in [0.2, 0.25) is 0 Å². The van der Waals surface area contributed by atoms with Gasteiger partial charge in [-0.1, -0.05) is 6.92 Å². The molecule has 3 heteroatoms. The van der Waals surface area contributed by atoms with E-state index in [0.717, 1.165) is 26.2 Å². The zero-order valence-electron chi connectivity index (χ0n) is 11.2. The standard InChI is InChI=1S/C13H28N2O/c1-4-8-14-10-12(2)15(3)11-13-7-5-6-9-16-13/h12-14H,4-11H2,1-3H3. The molecule has 1 aliphatic heterocycles. The number of nitrogens with zero attached hydrogens (tertiary/aromatic N) is 1. The van der Waals surface area contributed by atoms with Gasteiger partial charge in [-0.05, 0) is 46.2 Å². The second kappa shape index (κ2) is 8.04. The zero-order valence-corrected chi connectivity index (χ0v) is 11.2. The fraction of sp³-hybridized carbons (Fsp3) is 1.00.